The maximum Gasteiger partial charge on any atom is 0.242 e. The number of benzene rings is 2. The van der Waals surface area contributed by atoms with Crippen molar-refractivity contribution in [3.63, 3.8) is 0 Å². The molecule has 6 nitrogen and oxygen atoms in total. The number of thioether (sulfide) groups is 1. The first-order valence-corrected chi connectivity index (χ1v) is 9.43. The van der Waals surface area contributed by atoms with Gasteiger partial charge < -0.3 is 5.32 Å². The Hall–Kier alpha value is -2.93. The molecule has 0 aliphatic rings. The highest BCUT2D eigenvalue weighted by Gasteiger charge is 2.25. The highest BCUT2D eigenvalue weighted by Crippen LogP contribution is 2.35. The van der Waals surface area contributed by atoms with Gasteiger partial charge in [0.2, 0.25) is 11.1 Å². The number of tetrazole rings is 1. The standard InChI is InChI=1S/C20H21N5OS/c1-4-12-25-20(22-23-24-25)27-18(16-8-6-5-7-9-16)19(26)21-17-13-14(2)10-11-15(17)3/h4-11,13,18H,1,12H2,2-3H3,(H,21,26). The molecule has 0 aliphatic heterocycles. The molecule has 27 heavy (non-hydrogen) atoms. The summed E-state index contributed by atoms with van der Waals surface area (Å²) in [6.45, 7) is 8.18. The zero-order chi connectivity index (χ0) is 19.2. The maximum atomic E-state index is 13.1. The highest BCUT2D eigenvalue weighted by molar-refractivity contribution is 8.00. The molecule has 0 saturated carbocycles. The van der Waals surface area contributed by atoms with Crippen LogP contribution in [-0.2, 0) is 11.3 Å². The van der Waals surface area contributed by atoms with Crippen LogP contribution in [0.3, 0.4) is 0 Å². The minimum absolute atomic E-state index is 0.118. The third-order valence-corrected chi connectivity index (χ3v) is 5.24. The minimum atomic E-state index is -0.485. The van der Waals surface area contributed by atoms with Gasteiger partial charge in [-0.1, -0.05) is 60.3 Å². The van der Waals surface area contributed by atoms with E-state index in [0.29, 0.717) is 11.7 Å². The number of carbonyl (C=O) groups is 1. The van der Waals surface area contributed by atoms with Gasteiger partial charge in [0, 0.05) is 5.69 Å². The molecule has 3 aromatic rings. The van der Waals surface area contributed by atoms with E-state index in [2.05, 4.69) is 27.4 Å². The Kier molecular flexibility index (Phi) is 6.03. The van der Waals surface area contributed by atoms with Crippen LogP contribution in [0, 0.1) is 13.8 Å². The summed E-state index contributed by atoms with van der Waals surface area (Å²) in [7, 11) is 0. The number of carbonyl (C=O) groups excluding carboxylic acids is 1. The van der Waals surface area contributed by atoms with Crippen LogP contribution in [0.4, 0.5) is 5.69 Å². The van der Waals surface area contributed by atoms with Crippen molar-refractivity contribution in [2.24, 2.45) is 0 Å². The predicted molar refractivity (Wildman–Crippen MR) is 108 cm³/mol. The normalized spacial score (nSPS) is 11.8. The van der Waals surface area contributed by atoms with Gasteiger partial charge >= 0.3 is 0 Å². The monoisotopic (exact) mass is 379 g/mol. The molecule has 3 rings (SSSR count). The Labute approximate surface area is 162 Å². The quantitative estimate of drug-likeness (QED) is 0.497. The second-order valence-corrected chi connectivity index (χ2v) is 7.22. The van der Waals surface area contributed by atoms with Crippen LogP contribution >= 0.6 is 11.8 Å². The lowest BCUT2D eigenvalue weighted by Gasteiger charge is -2.17. The van der Waals surface area contributed by atoms with Gasteiger partial charge in [0.1, 0.15) is 5.25 Å². The number of aryl methyl sites for hydroxylation is 2. The molecule has 0 aliphatic carbocycles. The Morgan fingerprint density at radius 1 is 1.26 bits per heavy atom. The molecular weight excluding hydrogens is 358 g/mol. The van der Waals surface area contributed by atoms with E-state index in [-0.39, 0.29) is 5.91 Å². The molecule has 1 N–H and O–H groups in total. The molecule has 0 saturated heterocycles. The number of amides is 1. The summed E-state index contributed by atoms with van der Waals surface area (Å²) in [5.41, 5.74) is 3.81. The number of rotatable bonds is 7. The van der Waals surface area contributed by atoms with E-state index < -0.39 is 5.25 Å². The second-order valence-electron chi connectivity index (χ2n) is 6.15. The van der Waals surface area contributed by atoms with Gasteiger partial charge in [-0.2, -0.15) is 0 Å². The van der Waals surface area contributed by atoms with E-state index >= 15 is 0 Å². The van der Waals surface area contributed by atoms with Crippen LogP contribution in [-0.4, -0.2) is 26.1 Å². The van der Waals surface area contributed by atoms with Crippen molar-refractivity contribution >= 4 is 23.4 Å². The van der Waals surface area contributed by atoms with Crippen molar-refractivity contribution in [3.05, 3.63) is 77.9 Å². The zero-order valence-electron chi connectivity index (χ0n) is 15.3. The predicted octanol–water partition coefficient (Wildman–Crippen LogP) is 3.95. The van der Waals surface area contributed by atoms with Crippen molar-refractivity contribution in [1.29, 1.82) is 0 Å². The maximum absolute atomic E-state index is 13.1. The molecular formula is C20H21N5OS. The van der Waals surface area contributed by atoms with E-state index in [0.717, 1.165) is 22.4 Å². The van der Waals surface area contributed by atoms with Crippen molar-refractivity contribution in [1.82, 2.24) is 20.2 Å². The largest absolute Gasteiger partial charge is 0.325 e. The van der Waals surface area contributed by atoms with Crippen molar-refractivity contribution in [2.75, 3.05) is 5.32 Å². The molecule has 1 unspecified atom stereocenters. The Morgan fingerprint density at radius 2 is 2.04 bits per heavy atom. The van der Waals surface area contributed by atoms with E-state index in [1.807, 2.05) is 62.4 Å². The fraction of sp³-hybridized carbons (Fsp3) is 0.200. The SMILES string of the molecule is C=CCn1nnnc1SC(C(=O)Nc1cc(C)ccc1C)c1ccccc1. The molecule has 1 amide bonds. The van der Waals surface area contributed by atoms with E-state index in [9.17, 15) is 4.79 Å². The van der Waals surface area contributed by atoms with Gasteiger partial charge in [-0.3, -0.25) is 4.79 Å². The molecule has 1 atom stereocenters. The number of anilines is 1. The fourth-order valence-corrected chi connectivity index (χ4v) is 3.58. The number of nitrogens with one attached hydrogen (secondary N) is 1. The highest BCUT2D eigenvalue weighted by atomic mass is 32.2. The average molecular weight is 379 g/mol. The van der Waals surface area contributed by atoms with Crippen LogP contribution in [0.25, 0.3) is 0 Å². The summed E-state index contributed by atoms with van der Waals surface area (Å²) in [5.74, 6) is -0.118. The van der Waals surface area contributed by atoms with Crippen molar-refractivity contribution < 1.29 is 4.79 Å². The third kappa shape index (κ3) is 4.62. The second kappa shape index (κ2) is 8.64. The summed E-state index contributed by atoms with van der Waals surface area (Å²) in [4.78, 5) is 13.1. The molecule has 0 spiro atoms. The molecule has 0 fully saturated rings. The van der Waals surface area contributed by atoms with E-state index in [1.54, 1.807) is 10.8 Å². The van der Waals surface area contributed by atoms with Crippen LogP contribution in [0.1, 0.15) is 21.9 Å². The first kappa shape index (κ1) is 18.8. The summed E-state index contributed by atoms with van der Waals surface area (Å²) in [6.07, 6.45) is 1.72. The van der Waals surface area contributed by atoms with Gasteiger partial charge in [0.25, 0.3) is 0 Å². The molecule has 138 valence electrons. The lowest BCUT2D eigenvalue weighted by molar-refractivity contribution is -0.115. The Bertz CT molecular complexity index is 939. The summed E-state index contributed by atoms with van der Waals surface area (Å²) in [5, 5.41) is 14.9. The van der Waals surface area contributed by atoms with E-state index in [1.165, 1.54) is 11.8 Å². The Balaban J connectivity index is 1.90. The molecule has 7 heteroatoms. The fourth-order valence-electron chi connectivity index (χ4n) is 2.59. The molecule has 1 aromatic heterocycles. The molecule has 0 bridgehead atoms. The number of hydrogen-bond acceptors (Lipinski definition) is 5. The minimum Gasteiger partial charge on any atom is -0.325 e. The van der Waals surface area contributed by atoms with Crippen LogP contribution in [0.15, 0.2) is 66.3 Å². The van der Waals surface area contributed by atoms with Crippen molar-refractivity contribution in [3.8, 4) is 0 Å². The van der Waals surface area contributed by atoms with Crippen LogP contribution < -0.4 is 5.32 Å². The van der Waals surface area contributed by atoms with Gasteiger partial charge in [0.05, 0.1) is 6.54 Å². The topological polar surface area (TPSA) is 72.7 Å². The van der Waals surface area contributed by atoms with Gasteiger partial charge in [-0.05, 0) is 47.0 Å². The Morgan fingerprint density at radius 3 is 2.78 bits per heavy atom. The van der Waals surface area contributed by atoms with Crippen LogP contribution in [0.5, 0.6) is 0 Å². The molecule has 2 aromatic carbocycles. The number of aromatic nitrogens is 4. The lowest BCUT2D eigenvalue weighted by atomic mass is 10.1. The molecule has 1 heterocycles. The van der Waals surface area contributed by atoms with Gasteiger partial charge in [-0.15, -0.1) is 11.7 Å². The summed E-state index contributed by atoms with van der Waals surface area (Å²) >= 11 is 1.32. The smallest absolute Gasteiger partial charge is 0.242 e. The molecule has 0 radical (unpaired) electrons. The number of nitrogens with zero attached hydrogens (tertiary/aromatic N) is 4. The summed E-state index contributed by atoms with van der Waals surface area (Å²) < 4.78 is 1.62. The van der Waals surface area contributed by atoms with E-state index in [4.69, 9.17) is 0 Å². The number of allylic oxidation sites excluding steroid dienone is 1. The lowest BCUT2D eigenvalue weighted by Crippen LogP contribution is -2.20. The van der Waals surface area contributed by atoms with Crippen LogP contribution in [0.2, 0.25) is 0 Å². The zero-order valence-corrected chi connectivity index (χ0v) is 16.1. The third-order valence-electron chi connectivity index (χ3n) is 4.02. The summed E-state index contributed by atoms with van der Waals surface area (Å²) in [6, 6.07) is 15.6. The van der Waals surface area contributed by atoms with Gasteiger partial charge in [-0.25, -0.2) is 4.68 Å². The average Bonchev–Trinajstić information content (AvgIpc) is 3.10. The number of hydrogen-bond donors (Lipinski definition) is 1. The van der Waals surface area contributed by atoms with Crippen molar-refractivity contribution in [2.45, 2.75) is 30.8 Å². The first-order chi connectivity index (χ1) is 13.1. The first-order valence-electron chi connectivity index (χ1n) is 8.55. The van der Waals surface area contributed by atoms with Gasteiger partial charge in [0.15, 0.2) is 0 Å².